The monoisotopic (exact) mass is 279 g/mol. The maximum Gasteiger partial charge on any atom is 0.120 e. The van der Waals surface area contributed by atoms with Crippen molar-refractivity contribution in [1.82, 2.24) is 5.32 Å². The number of benzene rings is 1. The van der Waals surface area contributed by atoms with Crippen LogP contribution in [-0.4, -0.2) is 23.9 Å². The van der Waals surface area contributed by atoms with Gasteiger partial charge in [0, 0.05) is 19.2 Å². The van der Waals surface area contributed by atoms with Crippen LogP contribution in [0.15, 0.2) is 24.3 Å². The van der Waals surface area contributed by atoms with Gasteiger partial charge < -0.3 is 15.2 Å². The molecule has 1 rings (SSSR count). The highest BCUT2D eigenvalue weighted by molar-refractivity contribution is 5.28. The van der Waals surface area contributed by atoms with Crippen LogP contribution in [0.5, 0.6) is 5.75 Å². The largest absolute Gasteiger partial charge is 0.491 e. The third kappa shape index (κ3) is 5.93. The summed E-state index contributed by atoms with van der Waals surface area (Å²) >= 11 is 0. The second kappa shape index (κ2) is 7.65. The van der Waals surface area contributed by atoms with E-state index in [1.54, 1.807) is 0 Å². The molecule has 0 aromatic heterocycles. The minimum atomic E-state index is 0.134. The summed E-state index contributed by atoms with van der Waals surface area (Å²) in [6.07, 6.45) is 0.959. The molecule has 114 valence electrons. The minimum absolute atomic E-state index is 0.134. The van der Waals surface area contributed by atoms with Gasteiger partial charge in [-0.05, 0) is 43.4 Å². The van der Waals surface area contributed by atoms with Crippen molar-refractivity contribution >= 4 is 0 Å². The SMILES string of the molecule is CC(C)Oc1cccc(CNC(CCO)C(C)(C)C)c1. The Bertz CT molecular complexity index is 396. The van der Waals surface area contributed by atoms with Crippen LogP contribution in [0.1, 0.15) is 46.6 Å². The van der Waals surface area contributed by atoms with Crippen LogP contribution in [0.25, 0.3) is 0 Å². The fourth-order valence-corrected chi connectivity index (χ4v) is 2.21. The normalized spacial score (nSPS) is 13.6. The van der Waals surface area contributed by atoms with Gasteiger partial charge in [0.15, 0.2) is 0 Å². The van der Waals surface area contributed by atoms with Crippen molar-refractivity contribution in [3.63, 3.8) is 0 Å². The second-order valence-electron chi connectivity index (χ2n) is 6.63. The molecule has 1 aromatic carbocycles. The molecule has 3 nitrogen and oxygen atoms in total. The van der Waals surface area contributed by atoms with Crippen LogP contribution < -0.4 is 10.1 Å². The molecule has 0 aliphatic rings. The average Bonchev–Trinajstić information content (AvgIpc) is 2.32. The molecule has 0 saturated heterocycles. The smallest absolute Gasteiger partial charge is 0.120 e. The third-order valence-corrected chi connectivity index (χ3v) is 3.29. The van der Waals surface area contributed by atoms with E-state index in [-0.39, 0.29) is 18.1 Å². The fourth-order valence-electron chi connectivity index (χ4n) is 2.21. The number of nitrogens with one attached hydrogen (secondary N) is 1. The highest BCUT2D eigenvalue weighted by atomic mass is 16.5. The van der Waals surface area contributed by atoms with Crippen LogP contribution in [-0.2, 0) is 6.54 Å². The lowest BCUT2D eigenvalue weighted by Gasteiger charge is -2.31. The molecule has 2 N–H and O–H groups in total. The summed E-state index contributed by atoms with van der Waals surface area (Å²) in [5.74, 6) is 0.911. The van der Waals surface area contributed by atoms with Gasteiger partial charge in [0.1, 0.15) is 5.75 Å². The van der Waals surface area contributed by atoms with Gasteiger partial charge in [-0.2, -0.15) is 0 Å². The maximum atomic E-state index is 9.18. The van der Waals surface area contributed by atoms with Crippen LogP contribution in [0, 0.1) is 5.41 Å². The van der Waals surface area contributed by atoms with E-state index >= 15 is 0 Å². The van der Waals surface area contributed by atoms with E-state index in [4.69, 9.17) is 4.74 Å². The van der Waals surface area contributed by atoms with Crippen LogP contribution in [0.4, 0.5) is 0 Å². The van der Waals surface area contributed by atoms with E-state index < -0.39 is 0 Å². The van der Waals surface area contributed by atoms with E-state index in [9.17, 15) is 5.11 Å². The number of ether oxygens (including phenoxy) is 1. The Hall–Kier alpha value is -1.06. The lowest BCUT2D eigenvalue weighted by atomic mass is 9.85. The van der Waals surface area contributed by atoms with Crippen molar-refractivity contribution in [1.29, 1.82) is 0 Å². The van der Waals surface area contributed by atoms with Crippen molar-refractivity contribution < 1.29 is 9.84 Å². The Morgan fingerprint density at radius 3 is 2.50 bits per heavy atom. The van der Waals surface area contributed by atoms with Crippen molar-refractivity contribution in [2.75, 3.05) is 6.61 Å². The third-order valence-electron chi connectivity index (χ3n) is 3.29. The van der Waals surface area contributed by atoms with Crippen molar-refractivity contribution in [3.05, 3.63) is 29.8 Å². The molecule has 1 unspecified atom stereocenters. The summed E-state index contributed by atoms with van der Waals surface area (Å²) in [5.41, 5.74) is 1.34. The van der Waals surface area contributed by atoms with Crippen molar-refractivity contribution in [2.45, 2.75) is 59.7 Å². The van der Waals surface area contributed by atoms with Gasteiger partial charge in [-0.3, -0.25) is 0 Å². The molecule has 0 heterocycles. The van der Waals surface area contributed by atoms with E-state index in [0.717, 1.165) is 18.7 Å². The zero-order valence-electron chi connectivity index (χ0n) is 13.4. The number of aliphatic hydroxyl groups excluding tert-OH is 1. The van der Waals surface area contributed by atoms with Gasteiger partial charge in [-0.15, -0.1) is 0 Å². The van der Waals surface area contributed by atoms with Gasteiger partial charge in [0.05, 0.1) is 6.10 Å². The van der Waals surface area contributed by atoms with Crippen LogP contribution >= 0.6 is 0 Å². The summed E-state index contributed by atoms with van der Waals surface area (Å²) in [4.78, 5) is 0. The van der Waals surface area contributed by atoms with Gasteiger partial charge in [-0.25, -0.2) is 0 Å². The van der Waals surface area contributed by atoms with Gasteiger partial charge >= 0.3 is 0 Å². The van der Waals surface area contributed by atoms with Gasteiger partial charge in [-0.1, -0.05) is 32.9 Å². The Kier molecular flexibility index (Phi) is 6.50. The molecule has 0 fully saturated rings. The number of rotatable bonds is 7. The van der Waals surface area contributed by atoms with Gasteiger partial charge in [0.25, 0.3) is 0 Å². The topological polar surface area (TPSA) is 41.5 Å². The Morgan fingerprint density at radius 1 is 1.25 bits per heavy atom. The second-order valence-corrected chi connectivity index (χ2v) is 6.63. The number of hydrogen-bond donors (Lipinski definition) is 2. The first kappa shape index (κ1) is 17.0. The average molecular weight is 279 g/mol. The van der Waals surface area contributed by atoms with E-state index in [1.165, 1.54) is 5.56 Å². The highest BCUT2D eigenvalue weighted by Gasteiger charge is 2.23. The molecule has 0 saturated carbocycles. The van der Waals surface area contributed by atoms with Gasteiger partial charge in [0.2, 0.25) is 0 Å². The lowest BCUT2D eigenvalue weighted by Crippen LogP contribution is -2.40. The molecule has 0 aliphatic carbocycles. The van der Waals surface area contributed by atoms with Crippen LogP contribution in [0.3, 0.4) is 0 Å². The molecule has 1 aromatic rings. The molecule has 3 heteroatoms. The zero-order chi connectivity index (χ0) is 15.2. The quantitative estimate of drug-likeness (QED) is 0.804. The summed E-state index contributed by atoms with van der Waals surface area (Å²) in [5, 5.41) is 12.7. The molecule has 0 amide bonds. The summed E-state index contributed by atoms with van der Waals surface area (Å²) in [6, 6.07) is 8.47. The van der Waals surface area contributed by atoms with Crippen molar-refractivity contribution in [3.8, 4) is 5.75 Å². The molecule has 1 atom stereocenters. The first-order valence-corrected chi connectivity index (χ1v) is 7.42. The lowest BCUT2D eigenvalue weighted by molar-refractivity contribution is 0.196. The zero-order valence-corrected chi connectivity index (χ0v) is 13.4. The first-order valence-electron chi connectivity index (χ1n) is 7.42. The number of aliphatic hydroxyl groups is 1. The molecular formula is C17H29NO2. The Morgan fingerprint density at radius 2 is 1.95 bits per heavy atom. The maximum absolute atomic E-state index is 9.18. The van der Waals surface area contributed by atoms with Crippen LogP contribution in [0.2, 0.25) is 0 Å². The molecule has 0 bridgehead atoms. The molecule has 0 radical (unpaired) electrons. The fraction of sp³-hybridized carbons (Fsp3) is 0.647. The predicted molar refractivity (Wildman–Crippen MR) is 84.0 cm³/mol. The van der Waals surface area contributed by atoms with E-state index in [0.29, 0.717) is 6.04 Å². The molecule has 20 heavy (non-hydrogen) atoms. The summed E-state index contributed by atoms with van der Waals surface area (Å²) in [6.45, 7) is 11.6. The number of hydrogen-bond acceptors (Lipinski definition) is 3. The van der Waals surface area contributed by atoms with E-state index in [2.05, 4.69) is 38.2 Å². The summed E-state index contributed by atoms with van der Waals surface area (Å²) in [7, 11) is 0. The first-order chi connectivity index (χ1) is 9.32. The standard InChI is InChI=1S/C17H29NO2/c1-13(2)20-15-8-6-7-14(11-15)12-18-16(9-10-19)17(3,4)5/h6-8,11,13,16,18-19H,9-10,12H2,1-5H3. The Balaban J connectivity index is 2.63. The molecular weight excluding hydrogens is 250 g/mol. The van der Waals surface area contributed by atoms with E-state index in [1.807, 2.05) is 26.0 Å². The Labute approximate surface area is 123 Å². The predicted octanol–water partition coefficient (Wildman–Crippen LogP) is 3.36. The minimum Gasteiger partial charge on any atom is -0.491 e. The molecule has 0 aliphatic heterocycles. The highest BCUT2D eigenvalue weighted by Crippen LogP contribution is 2.22. The van der Waals surface area contributed by atoms with Crippen molar-refractivity contribution in [2.24, 2.45) is 5.41 Å². The summed E-state index contributed by atoms with van der Waals surface area (Å²) < 4.78 is 5.71. The molecule has 0 spiro atoms.